The first-order chi connectivity index (χ1) is 21.0. The quantitative estimate of drug-likeness (QED) is 0.314. The number of hydrogen-bond donors (Lipinski definition) is 0. The fourth-order valence-electron chi connectivity index (χ4n) is 6.46. The van der Waals surface area contributed by atoms with Crippen molar-refractivity contribution in [2.75, 3.05) is 19.7 Å². The highest BCUT2D eigenvalue weighted by atomic mass is 32.1. The summed E-state index contributed by atoms with van der Waals surface area (Å²) in [6.45, 7) is 11.7. The predicted molar refractivity (Wildman–Crippen MR) is 160 cm³/mol. The maximum absolute atomic E-state index is 14.0. The molecule has 3 aliphatic rings. The van der Waals surface area contributed by atoms with Gasteiger partial charge in [-0.3, -0.25) is 19.5 Å². The second-order valence-electron chi connectivity index (χ2n) is 13.6. The Balaban J connectivity index is 1.34. The van der Waals surface area contributed by atoms with Gasteiger partial charge in [0, 0.05) is 29.6 Å². The third-order valence-corrected chi connectivity index (χ3v) is 9.93. The van der Waals surface area contributed by atoms with Crippen LogP contribution < -0.4 is 0 Å². The van der Waals surface area contributed by atoms with Gasteiger partial charge in [-0.2, -0.15) is 13.2 Å². The lowest BCUT2D eigenvalue weighted by Crippen LogP contribution is -2.48. The second-order valence-corrected chi connectivity index (χ2v) is 14.7. The zero-order chi connectivity index (χ0) is 32.6. The number of carbonyl (C=O) groups excluding carboxylic acids is 3. The van der Waals surface area contributed by atoms with Crippen LogP contribution in [0.4, 0.5) is 18.0 Å². The molecule has 2 aliphatic heterocycles. The van der Waals surface area contributed by atoms with Gasteiger partial charge in [-0.05, 0) is 62.4 Å². The molecule has 3 aromatic heterocycles. The molecule has 3 amide bonds. The molecule has 240 valence electrons. The summed E-state index contributed by atoms with van der Waals surface area (Å²) in [6, 6.07) is 4.43. The Bertz CT molecular complexity index is 1690. The number of halogens is 3. The first-order valence-corrected chi connectivity index (χ1v) is 15.7. The molecular formula is C32H35F3N4O5S. The average molecular weight is 645 g/mol. The zero-order valence-electron chi connectivity index (χ0n) is 25.9. The number of alkyl halides is 3. The SMILES string of the molecule is Cc1cc(C(F)(F)F)nc(-c2ccnc3cc(CN4C(=O)C5C(C4=O)C5(C)C)sc23)c1CC1CN(C(=O)OC(C)(C)C)CCO1. The van der Waals surface area contributed by atoms with E-state index in [1.165, 1.54) is 22.4 Å². The summed E-state index contributed by atoms with van der Waals surface area (Å²) in [6.07, 6.45) is -3.92. The van der Waals surface area contributed by atoms with Crippen molar-refractivity contribution in [3.63, 3.8) is 0 Å². The van der Waals surface area contributed by atoms with Gasteiger partial charge in [-0.1, -0.05) is 13.8 Å². The van der Waals surface area contributed by atoms with Crippen LogP contribution in [-0.4, -0.2) is 69.1 Å². The Morgan fingerprint density at radius 2 is 1.84 bits per heavy atom. The summed E-state index contributed by atoms with van der Waals surface area (Å²) in [5, 5.41) is 0. The number of likely N-dealkylation sites (tertiary alicyclic amines) is 1. The van der Waals surface area contributed by atoms with Crippen molar-refractivity contribution in [2.45, 2.75) is 72.4 Å². The number of pyridine rings is 2. The lowest BCUT2D eigenvalue weighted by Gasteiger charge is -2.34. The van der Waals surface area contributed by atoms with Crippen LogP contribution in [0.5, 0.6) is 0 Å². The number of piperidine rings is 1. The molecule has 3 fully saturated rings. The van der Waals surface area contributed by atoms with E-state index in [9.17, 15) is 27.6 Å². The minimum absolute atomic E-state index is 0.0829. The summed E-state index contributed by atoms with van der Waals surface area (Å²) in [5.74, 6) is -0.987. The molecule has 9 nitrogen and oxygen atoms in total. The molecular weight excluding hydrogens is 609 g/mol. The van der Waals surface area contributed by atoms with Gasteiger partial charge in [0.15, 0.2) is 0 Å². The van der Waals surface area contributed by atoms with Crippen molar-refractivity contribution in [2.24, 2.45) is 17.3 Å². The van der Waals surface area contributed by atoms with Crippen molar-refractivity contribution in [1.82, 2.24) is 19.8 Å². The van der Waals surface area contributed by atoms with Crippen molar-refractivity contribution < 1.29 is 37.0 Å². The lowest BCUT2D eigenvalue weighted by molar-refractivity contribution is -0.144. The van der Waals surface area contributed by atoms with Crippen molar-refractivity contribution in [3.05, 3.63) is 46.1 Å². The normalized spacial score (nSPS) is 23.1. The maximum Gasteiger partial charge on any atom is 0.433 e. The van der Waals surface area contributed by atoms with Crippen molar-refractivity contribution in [3.8, 4) is 11.3 Å². The summed E-state index contributed by atoms with van der Waals surface area (Å²) in [4.78, 5) is 50.7. The summed E-state index contributed by atoms with van der Waals surface area (Å²) in [5.41, 5.74) is 0.0802. The molecule has 3 unspecified atom stereocenters. The first-order valence-electron chi connectivity index (χ1n) is 14.9. The fraction of sp³-hybridized carbons (Fsp3) is 0.531. The molecule has 1 saturated carbocycles. The fourth-order valence-corrected chi connectivity index (χ4v) is 7.57. The number of rotatable bonds is 5. The molecule has 3 atom stereocenters. The number of carbonyl (C=O) groups is 3. The minimum atomic E-state index is -4.68. The van der Waals surface area contributed by atoms with Gasteiger partial charge in [0.2, 0.25) is 11.8 Å². The van der Waals surface area contributed by atoms with Crippen LogP contribution in [0.1, 0.15) is 56.3 Å². The second kappa shape index (κ2) is 10.8. The minimum Gasteiger partial charge on any atom is -0.444 e. The molecule has 45 heavy (non-hydrogen) atoms. The Kier molecular flexibility index (Phi) is 7.51. The molecule has 0 aromatic carbocycles. The van der Waals surface area contributed by atoms with Crippen LogP contribution in [0.15, 0.2) is 24.4 Å². The highest BCUT2D eigenvalue weighted by Crippen LogP contribution is 2.63. The van der Waals surface area contributed by atoms with E-state index in [1.807, 2.05) is 13.8 Å². The average Bonchev–Trinajstić information content (AvgIpc) is 3.18. The van der Waals surface area contributed by atoms with E-state index < -0.39 is 29.7 Å². The summed E-state index contributed by atoms with van der Waals surface area (Å²) < 4.78 is 54.1. The standard InChI is InChI=1S/C32H35F3N4O5S/c1-16-11-22(32(33,34)35)37-25(20(16)12-17-14-38(9-10-43-17)29(42)44-30(2,3)4)19-7-8-36-21-13-18(45-26(19)21)15-39-27(40)23-24(28(39)41)31(23,5)6/h7-8,11,13,17,23-24H,9-10,12,14-15H2,1-6H3. The monoisotopic (exact) mass is 644 g/mol. The molecule has 13 heteroatoms. The van der Waals surface area contributed by atoms with Gasteiger partial charge < -0.3 is 14.4 Å². The molecule has 3 aromatic rings. The van der Waals surface area contributed by atoms with Gasteiger partial charge in [-0.15, -0.1) is 11.3 Å². The van der Waals surface area contributed by atoms with E-state index in [2.05, 4.69) is 9.97 Å². The number of thiophene rings is 1. The molecule has 2 saturated heterocycles. The highest BCUT2D eigenvalue weighted by molar-refractivity contribution is 7.19. The summed E-state index contributed by atoms with van der Waals surface area (Å²) >= 11 is 1.28. The first kappa shape index (κ1) is 31.4. The van der Waals surface area contributed by atoms with Crippen molar-refractivity contribution >= 4 is 39.5 Å². The number of fused-ring (bicyclic) bond motifs is 2. The van der Waals surface area contributed by atoms with Crippen LogP contribution in [0.2, 0.25) is 0 Å². The van der Waals surface area contributed by atoms with E-state index in [0.717, 1.165) is 6.07 Å². The van der Waals surface area contributed by atoms with E-state index >= 15 is 0 Å². The number of aryl methyl sites for hydroxylation is 1. The Morgan fingerprint density at radius 3 is 2.49 bits per heavy atom. The molecule has 5 heterocycles. The molecule has 0 bridgehead atoms. The smallest absolute Gasteiger partial charge is 0.433 e. The van der Waals surface area contributed by atoms with Crippen LogP contribution in [0.25, 0.3) is 21.5 Å². The summed E-state index contributed by atoms with van der Waals surface area (Å²) in [7, 11) is 0. The Morgan fingerprint density at radius 1 is 1.16 bits per heavy atom. The van der Waals surface area contributed by atoms with E-state index in [4.69, 9.17) is 9.47 Å². The number of amides is 3. The van der Waals surface area contributed by atoms with Crippen LogP contribution >= 0.6 is 11.3 Å². The van der Waals surface area contributed by atoms with Crippen molar-refractivity contribution in [1.29, 1.82) is 0 Å². The number of ether oxygens (including phenoxy) is 2. The van der Waals surface area contributed by atoms with Crippen LogP contribution in [0.3, 0.4) is 0 Å². The number of imide groups is 1. The van der Waals surface area contributed by atoms with Gasteiger partial charge in [-0.25, -0.2) is 9.78 Å². The highest BCUT2D eigenvalue weighted by Gasteiger charge is 2.72. The molecule has 0 spiro atoms. The van der Waals surface area contributed by atoms with Gasteiger partial charge in [0.25, 0.3) is 0 Å². The Hall–Kier alpha value is -3.58. The van der Waals surface area contributed by atoms with E-state index in [0.29, 0.717) is 38.3 Å². The number of morpholine rings is 1. The topological polar surface area (TPSA) is 102 Å². The van der Waals surface area contributed by atoms with Crippen LogP contribution in [0, 0.1) is 24.2 Å². The number of hydrogen-bond acceptors (Lipinski definition) is 8. The number of nitrogens with zero attached hydrogens (tertiary/aromatic N) is 4. The van der Waals surface area contributed by atoms with Gasteiger partial charge in [0.05, 0.1) is 53.5 Å². The number of aromatic nitrogens is 2. The van der Waals surface area contributed by atoms with E-state index in [-0.39, 0.29) is 60.9 Å². The molecule has 1 aliphatic carbocycles. The third kappa shape index (κ3) is 5.80. The van der Waals surface area contributed by atoms with E-state index in [1.54, 1.807) is 44.7 Å². The van der Waals surface area contributed by atoms with Gasteiger partial charge in [0.1, 0.15) is 11.3 Å². The lowest BCUT2D eigenvalue weighted by atomic mass is 9.95. The maximum atomic E-state index is 14.0. The largest absolute Gasteiger partial charge is 0.444 e. The molecule has 0 N–H and O–H groups in total. The Labute approximate surface area is 262 Å². The van der Waals surface area contributed by atoms with Gasteiger partial charge >= 0.3 is 12.3 Å². The molecule has 6 rings (SSSR count). The predicted octanol–water partition coefficient (Wildman–Crippen LogP) is 6.00. The molecule has 0 radical (unpaired) electrons. The van der Waals surface area contributed by atoms with Crippen LogP contribution in [-0.2, 0) is 38.2 Å². The zero-order valence-corrected chi connectivity index (χ0v) is 26.8. The third-order valence-electron chi connectivity index (χ3n) is 8.78.